The molecule has 1 aromatic rings. The summed E-state index contributed by atoms with van der Waals surface area (Å²) in [6.07, 6.45) is 8.77. The van der Waals surface area contributed by atoms with Gasteiger partial charge in [-0.3, -0.25) is 9.59 Å². The summed E-state index contributed by atoms with van der Waals surface area (Å²) in [6.45, 7) is 5.84. The molecule has 0 radical (unpaired) electrons. The number of esters is 1. The Kier molecular flexibility index (Phi) is 5.47. The minimum absolute atomic E-state index is 0.0860. The molecule has 2 saturated carbocycles. The normalized spacial score (nSPS) is 38.7. The molecule has 5 heteroatoms. The number of carbonyl (C=O) groups is 3. The number of allylic oxidation sites excluding steroid dienone is 4. The second-order valence-corrected chi connectivity index (χ2v) is 11.3. The van der Waals surface area contributed by atoms with E-state index in [9.17, 15) is 19.5 Å². The highest BCUT2D eigenvalue weighted by Gasteiger charge is 2.67. The lowest BCUT2D eigenvalue weighted by atomic mass is 9.50. The van der Waals surface area contributed by atoms with Crippen LogP contribution in [0.25, 0.3) is 0 Å². The number of carbonyl (C=O) groups excluding carboxylic acids is 3. The summed E-state index contributed by atoms with van der Waals surface area (Å²) in [6, 6.07) is 8.60. The van der Waals surface area contributed by atoms with Gasteiger partial charge in [0.1, 0.15) is 5.60 Å². The van der Waals surface area contributed by atoms with Gasteiger partial charge in [-0.1, -0.05) is 56.2 Å². The minimum atomic E-state index is -1.55. The third-order valence-electron chi connectivity index (χ3n) is 9.69. The summed E-state index contributed by atoms with van der Waals surface area (Å²) in [5, 5.41) is 12.0. The van der Waals surface area contributed by atoms with Gasteiger partial charge in [-0.15, -0.1) is 0 Å². The first-order valence-electron chi connectivity index (χ1n) is 12.5. The number of aliphatic hydroxyl groups is 1. The molecule has 0 amide bonds. The van der Waals surface area contributed by atoms with Crippen molar-refractivity contribution in [3.63, 3.8) is 0 Å². The molecule has 6 atom stereocenters. The van der Waals surface area contributed by atoms with Gasteiger partial charge in [-0.25, -0.2) is 4.79 Å². The zero-order valence-electron chi connectivity index (χ0n) is 20.3. The van der Waals surface area contributed by atoms with Crippen molar-refractivity contribution in [1.82, 2.24) is 0 Å². The van der Waals surface area contributed by atoms with Gasteiger partial charge in [0.2, 0.25) is 5.78 Å². The molecule has 2 fully saturated rings. The van der Waals surface area contributed by atoms with E-state index in [-0.39, 0.29) is 23.0 Å². The molecule has 0 aliphatic heterocycles. The van der Waals surface area contributed by atoms with Crippen molar-refractivity contribution in [1.29, 1.82) is 0 Å². The van der Waals surface area contributed by atoms with Crippen LogP contribution in [0.3, 0.4) is 0 Å². The molecule has 0 saturated heterocycles. The number of rotatable bonds is 4. The van der Waals surface area contributed by atoms with Crippen LogP contribution in [0.2, 0.25) is 0 Å². The Bertz CT molecular complexity index is 1100. The van der Waals surface area contributed by atoms with Gasteiger partial charge in [-0.05, 0) is 68.1 Å². The van der Waals surface area contributed by atoms with Crippen molar-refractivity contribution in [3.8, 4) is 0 Å². The zero-order chi connectivity index (χ0) is 24.3. The summed E-state index contributed by atoms with van der Waals surface area (Å²) in [5.41, 5.74) is 0.799. The van der Waals surface area contributed by atoms with Crippen LogP contribution in [-0.2, 0) is 14.3 Å². The SMILES string of the molecule is C[C@@H]1C[C@@H]2[C@@H]3CCC4=CC(=O)CC[C@@]4(C)C3=CC[C@]2(C)[C@@]1(O)C(=O)COC(=O)c1ccccc1. The number of fused-ring (bicyclic) bond motifs is 5. The van der Waals surface area contributed by atoms with Crippen molar-refractivity contribution in [3.05, 3.63) is 59.2 Å². The number of benzene rings is 1. The van der Waals surface area contributed by atoms with Gasteiger partial charge in [-0.2, -0.15) is 0 Å². The Morgan fingerprint density at radius 1 is 1.15 bits per heavy atom. The van der Waals surface area contributed by atoms with E-state index in [2.05, 4.69) is 13.0 Å². The summed E-state index contributed by atoms with van der Waals surface area (Å²) in [4.78, 5) is 37.9. The summed E-state index contributed by atoms with van der Waals surface area (Å²) in [7, 11) is 0. The molecule has 5 nitrogen and oxygen atoms in total. The Labute approximate surface area is 201 Å². The van der Waals surface area contributed by atoms with Crippen LogP contribution < -0.4 is 0 Å². The Balaban J connectivity index is 1.41. The number of Topliss-reactive ketones (excluding diaryl/α,β-unsaturated/α-hetero) is 1. The molecule has 0 unspecified atom stereocenters. The van der Waals surface area contributed by atoms with Crippen molar-refractivity contribution in [2.75, 3.05) is 6.61 Å². The molecule has 180 valence electrons. The van der Waals surface area contributed by atoms with E-state index >= 15 is 0 Å². The summed E-state index contributed by atoms with van der Waals surface area (Å²) in [5.74, 6) is -0.482. The second kappa shape index (κ2) is 8.01. The van der Waals surface area contributed by atoms with E-state index < -0.39 is 29.4 Å². The Morgan fingerprint density at radius 2 is 1.88 bits per heavy atom. The largest absolute Gasteiger partial charge is 0.454 e. The van der Waals surface area contributed by atoms with E-state index in [1.54, 1.807) is 24.3 Å². The van der Waals surface area contributed by atoms with E-state index in [1.807, 2.05) is 26.0 Å². The first kappa shape index (κ1) is 23.2. The van der Waals surface area contributed by atoms with E-state index in [0.717, 1.165) is 25.7 Å². The van der Waals surface area contributed by atoms with Crippen molar-refractivity contribution < 1.29 is 24.2 Å². The molecule has 0 bridgehead atoms. The fourth-order valence-corrected chi connectivity index (χ4v) is 7.69. The first-order valence-corrected chi connectivity index (χ1v) is 12.5. The van der Waals surface area contributed by atoms with Crippen LogP contribution in [0, 0.1) is 28.6 Å². The fourth-order valence-electron chi connectivity index (χ4n) is 7.69. The highest BCUT2D eigenvalue weighted by molar-refractivity contribution is 5.95. The lowest BCUT2D eigenvalue weighted by Gasteiger charge is -2.54. The molecule has 0 spiro atoms. The van der Waals surface area contributed by atoms with Crippen molar-refractivity contribution >= 4 is 17.5 Å². The molecule has 5 rings (SSSR count). The maximum absolute atomic E-state index is 13.5. The number of ketones is 2. The Hall–Kier alpha value is -2.53. The van der Waals surface area contributed by atoms with Gasteiger partial charge in [0.25, 0.3) is 0 Å². The van der Waals surface area contributed by atoms with Crippen molar-refractivity contribution in [2.45, 2.75) is 64.9 Å². The van der Waals surface area contributed by atoms with Gasteiger partial charge in [0.05, 0.1) is 5.56 Å². The molecule has 0 heterocycles. The molecular weight excluding hydrogens is 428 g/mol. The van der Waals surface area contributed by atoms with Crippen LogP contribution in [0.4, 0.5) is 0 Å². The van der Waals surface area contributed by atoms with E-state index in [1.165, 1.54) is 11.1 Å². The molecule has 0 aromatic heterocycles. The lowest BCUT2D eigenvalue weighted by molar-refractivity contribution is -0.161. The molecule has 1 N–H and O–H groups in total. The Morgan fingerprint density at radius 3 is 2.62 bits per heavy atom. The number of ether oxygens (including phenoxy) is 1. The number of hydrogen-bond donors (Lipinski definition) is 1. The lowest BCUT2D eigenvalue weighted by Crippen LogP contribution is -2.57. The van der Waals surface area contributed by atoms with Crippen LogP contribution in [-0.4, -0.2) is 34.9 Å². The maximum Gasteiger partial charge on any atom is 0.338 e. The summed E-state index contributed by atoms with van der Waals surface area (Å²) >= 11 is 0. The monoisotopic (exact) mass is 462 g/mol. The molecule has 1 aromatic carbocycles. The van der Waals surface area contributed by atoms with Gasteiger partial charge in [0, 0.05) is 17.3 Å². The van der Waals surface area contributed by atoms with Crippen LogP contribution in [0.5, 0.6) is 0 Å². The van der Waals surface area contributed by atoms with Crippen LogP contribution in [0.15, 0.2) is 53.6 Å². The first-order chi connectivity index (χ1) is 16.1. The molecule has 4 aliphatic carbocycles. The smallest absolute Gasteiger partial charge is 0.338 e. The van der Waals surface area contributed by atoms with E-state index in [0.29, 0.717) is 24.3 Å². The minimum Gasteiger partial charge on any atom is -0.454 e. The third-order valence-corrected chi connectivity index (χ3v) is 9.69. The van der Waals surface area contributed by atoms with Gasteiger partial charge >= 0.3 is 5.97 Å². The maximum atomic E-state index is 13.5. The summed E-state index contributed by atoms with van der Waals surface area (Å²) < 4.78 is 5.34. The van der Waals surface area contributed by atoms with Crippen molar-refractivity contribution in [2.24, 2.45) is 28.6 Å². The average Bonchev–Trinajstić information content (AvgIpc) is 3.05. The second-order valence-electron chi connectivity index (χ2n) is 11.3. The van der Waals surface area contributed by atoms with Crippen LogP contribution >= 0.6 is 0 Å². The van der Waals surface area contributed by atoms with Gasteiger partial charge < -0.3 is 9.84 Å². The standard InChI is InChI=1S/C29H34O5/c1-18-15-24-22-10-9-20-16-21(30)11-13-27(20,2)23(22)12-14-28(24,3)29(18,33)25(31)17-34-26(32)19-7-5-4-6-8-19/h4-8,12,16,18,22,24,33H,9-11,13-15,17H2,1-3H3/t18-,22-,24-,27-,28+,29+/m1/s1. The fraction of sp³-hybridized carbons (Fsp3) is 0.552. The highest BCUT2D eigenvalue weighted by atomic mass is 16.5. The third kappa shape index (κ3) is 3.19. The highest BCUT2D eigenvalue weighted by Crippen LogP contribution is 2.66. The quantitative estimate of drug-likeness (QED) is 0.511. The predicted octanol–water partition coefficient (Wildman–Crippen LogP) is 4.84. The molecule has 4 aliphatic rings. The number of hydrogen-bond acceptors (Lipinski definition) is 5. The average molecular weight is 463 g/mol. The molecule has 34 heavy (non-hydrogen) atoms. The van der Waals surface area contributed by atoms with Gasteiger partial charge in [0.15, 0.2) is 12.4 Å². The van der Waals surface area contributed by atoms with E-state index in [4.69, 9.17) is 4.74 Å². The molecular formula is C29H34O5. The zero-order valence-corrected chi connectivity index (χ0v) is 20.3. The predicted molar refractivity (Wildman–Crippen MR) is 128 cm³/mol. The topological polar surface area (TPSA) is 80.7 Å². The van der Waals surface area contributed by atoms with Crippen LogP contribution in [0.1, 0.15) is 69.7 Å².